The fourth-order valence-corrected chi connectivity index (χ4v) is 2.18. The fourth-order valence-electron chi connectivity index (χ4n) is 2.18. The highest BCUT2D eigenvalue weighted by atomic mass is 16.1. The van der Waals surface area contributed by atoms with Crippen molar-refractivity contribution in [1.29, 1.82) is 0 Å². The first-order valence-electron chi connectivity index (χ1n) is 6.70. The molecule has 1 fully saturated rings. The van der Waals surface area contributed by atoms with Crippen molar-refractivity contribution in [3.63, 3.8) is 0 Å². The molecule has 0 aromatic carbocycles. The predicted octanol–water partition coefficient (Wildman–Crippen LogP) is 2.02. The minimum atomic E-state index is 0.266. The van der Waals surface area contributed by atoms with Gasteiger partial charge in [0.05, 0.1) is 0 Å². The smallest absolute Gasteiger partial charge is 0.223 e. The van der Waals surface area contributed by atoms with Crippen molar-refractivity contribution in [3.05, 3.63) is 0 Å². The molecule has 0 saturated carbocycles. The number of hydrogen-bond donors (Lipinski definition) is 1. The Morgan fingerprint density at radius 2 is 1.94 bits per heavy atom. The number of likely N-dealkylation sites (tertiary alicyclic amines) is 1. The van der Waals surface area contributed by atoms with Gasteiger partial charge in [-0.15, -0.1) is 0 Å². The standard InChI is InChI=1S/C13H26N2O/c1-3-4-5-6-9-14-13(16)12-7-10-15(2)11-8-12/h12H,3-11H2,1-2H3,(H,14,16). The topological polar surface area (TPSA) is 32.3 Å². The van der Waals surface area contributed by atoms with E-state index in [1.165, 1.54) is 19.3 Å². The summed E-state index contributed by atoms with van der Waals surface area (Å²) in [6, 6.07) is 0. The second-order valence-corrected chi connectivity index (χ2v) is 4.93. The van der Waals surface area contributed by atoms with Crippen molar-refractivity contribution in [3.8, 4) is 0 Å². The van der Waals surface area contributed by atoms with Gasteiger partial charge < -0.3 is 10.2 Å². The highest BCUT2D eigenvalue weighted by Gasteiger charge is 2.22. The molecule has 0 radical (unpaired) electrons. The third-order valence-electron chi connectivity index (χ3n) is 3.42. The molecule has 16 heavy (non-hydrogen) atoms. The predicted molar refractivity (Wildman–Crippen MR) is 67.4 cm³/mol. The quantitative estimate of drug-likeness (QED) is 0.703. The molecular weight excluding hydrogens is 200 g/mol. The maximum absolute atomic E-state index is 11.8. The monoisotopic (exact) mass is 226 g/mol. The third kappa shape index (κ3) is 4.97. The second-order valence-electron chi connectivity index (χ2n) is 4.93. The Bertz CT molecular complexity index is 198. The summed E-state index contributed by atoms with van der Waals surface area (Å²) in [5.74, 6) is 0.548. The molecular formula is C13H26N2O. The van der Waals surface area contributed by atoms with Gasteiger partial charge >= 0.3 is 0 Å². The zero-order valence-electron chi connectivity index (χ0n) is 10.8. The van der Waals surface area contributed by atoms with Crippen LogP contribution in [0, 0.1) is 5.92 Å². The highest BCUT2D eigenvalue weighted by molar-refractivity contribution is 5.78. The van der Waals surface area contributed by atoms with Gasteiger partial charge in [0, 0.05) is 12.5 Å². The summed E-state index contributed by atoms with van der Waals surface area (Å²) >= 11 is 0. The number of unbranched alkanes of at least 4 members (excludes halogenated alkanes) is 3. The molecule has 3 heteroatoms. The zero-order valence-corrected chi connectivity index (χ0v) is 10.8. The normalized spacial score (nSPS) is 18.6. The van der Waals surface area contributed by atoms with Crippen molar-refractivity contribution >= 4 is 5.91 Å². The maximum Gasteiger partial charge on any atom is 0.223 e. The number of rotatable bonds is 6. The minimum Gasteiger partial charge on any atom is -0.356 e. The maximum atomic E-state index is 11.8. The van der Waals surface area contributed by atoms with Gasteiger partial charge in [-0.25, -0.2) is 0 Å². The molecule has 0 spiro atoms. The van der Waals surface area contributed by atoms with E-state index in [0.29, 0.717) is 0 Å². The van der Waals surface area contributed by atoms with Gasteiger partial charge in [0.25, 0.3) is 0 Å². The third-order valence-corrected chi connectivity index (χ3v) is 3.42. The van der Waals surface area contributed by atoms with Crippen LogP contribution in [0.1, 0.15) is 45.4 Å². The van der Waals surface area contributed by atoms with E-state index in [1.54, 1.807) is 0 Å². The molecule has 94 valence electrons. The number of nitrogens with zero attached hydrogens (tertiary/aromatic N) is 1. The van der Waals surface area contributed by atoms with E-state index in [2.05, 4.69) is 24.2 Å². The SMILES string of the molecule is CCCCCCNC(=O)C1CCN(C)CC1. The van der Waals surface area contributed by atoms with E-state index < -0.39 is 0 Å². The Balaban J connectivity index is 2.06. The molecule has 1 N–H and O–H groups in total. The first-order valence-corrected chi connectivity index (χ1v) is 6.70. The molecule has 1 saturated heterocycles. The minimum absolute atomic E-state index is 0.266. The highest BCUT2D eigenvalue weighted by Crippen LogP contribution is 2.15. The zero-order chi connectivity index (χ0) is 11.8. The van der Waals surface area contributed by atoms with Crippen molar-refractivity contribution in [1.82, 2.24) is 10.2 Å². The molecule has 1 amide bonds. The molecule has 1 rings (SSSR count). The van der Waals surface area contributed by atoms with Gasteiger partial charge in [0.1, 0.15) is 0 Å². The van der Waals surface area contributed by atoms with Gasteiger partial charge in [0.15, 0.2) is 0 Å². The summed E-state index contributed by atoms with van der Waals surface area (Å²) < 4.78 is 0. The van der Waals surface area contributed by atoms with Crippen LogP contribution >= 0.6 is 0 Å². The summed E-state index contributed by atoms with van der Waals surface area (Å²) in [6.07, 6.45) is 6.96. The van der Waals surface area contributed by atoms with Gasteiger partial charge in [-0.05, 0) is 39.4 Å². The van der Waals surface area contributed by atoms with Crippen LogP contribution in [0.3, 0.4) is 0 Å². The van der Waals surface area contributed by atoms with Crippen LogP contribution < -0.4 is 5.32 Å². The van der Waals surface area contributed by atoms with E-state index in [1.807, 2.05) is 0 Å². The molecule has 0 aliphatic carbocycles. The molecule has 0 aromatic heterocycles. The van der Waals surface area contributed by atoms with E-state index in [4.69, 9.17) is 0 Å². The van der Waals surface area contributed by atoms with E-state index >= 15 is 0 Å². The van der Waals surface area contributed by atoms with Crippen molar-refractivity contribution in [2.75, 3.05) is 26.7 Å². The second kappa shape index (κ2) is 7.66. The summed E-state index contributed by atoms with van der Waals surface area (Å²) in [5.41, 5.74) is 0. The van der Waals surface area contributed by atoms with E-state index in [9.17, 15) is 4.79 Å². The van der Waals surface area contributed by atoms with Crippen LogP contribution in [0.25, 0.3) is 0 Å². The number of amides is 1. The number of nitrogens with one attached hydrogen (secondary N) is 1. The lowest BCUT2D eigenvalue weighted by Gasteiger charge is -2.28. The van der Waals surface area contributed by atoms with Crippen LogP contribution in [-0.2, 0) is 4.79 Å². The van der Waals surface area contributed by atoms with Crippen LogP contribution in [0.5, 0.6) is 0 Å². The lowest BCUT2D eigenvalue weighted by Crippen LogP contribution is -2.39. The number of carbonyl (C=O) groups is 1. The average Bonchev–Trinajstić information content (AvgIpc) is 2.29. The van der Waals surface area contributed by atoms with Gasteiger partial charge in [-0.2, -0.15) is 0 Å². The van der Waals surface area contributed by atoms with Crippen molar-refractivity contribution in [2.45, 2.75) is 45.4 Å². The Labute approximate surface area is 99.6 Å². The first-order chi connectivity index (χ1) is 7.74. The van der Waals surface area contributed by atoms with Crippen molar-refractivity contribution in [2.24, 2.45) is 5.92 Å². The molecule has 0 atom stereocenters. The van der Waals surface area contributed by atoms with Crippen LogP contribution in [0.4, 0.5) is 0 Å². The molecule has 1 aliphatic rings. The lowest BCUT2D eigenvalue weighted by atomic mass is 9.96. The molecule has 1 heterocycles. The fraction of sp³-hybridized carbons (Fsp3) is 0.923. The summed E-state index contributed by atoms with van der Waals surface area (Å²) in [4.78, 5) is 14.1. The van der Waals surface area contributed by atoms with E-state index in [-0.39, 0.29) is 11.8 Å². The van der Waals surface area contributed by atoms with Crippen LogP contribution in [0.15, 0.2) is 0 Å². The summed E-state index contributed by atoms with van der Waals surface area (Å²) in [7, 11) is 2.12. The van der Waals surface area contributed by atoms with Crippen LogP contribution in [0.2, 0.25) is 0 Å². The molecule has 1 aliphatic heterocycles. The Morgan fingerprint density at radius 3 is 2.56 bits per heavy atom. The molecule has 0 unspecified atom stereocenters. The molecule has 0 bridgehead atoms. The molecule has 3 nitrogen and oxygen atoms in total. The number of carbonyl (C=O) groups excluding carboxylic acids is 1. The first kappa shape index (κ1) is 13.5. The Kier molecular flexibility index (Phi) is 6.46. The number of hydrogen-bond acceptors (Lipinski definition) is 2. The number of piperidine rings is 1. The molecule has 0 aromatic rings. The van der Waals surface area contributed by atoms with E-state index in [0.717, 1.165) is 38.9 Å². The van der Waals surface area contributed by atoms with Gasteiger partial charge in [-0.3, -0.25) is 4.79 Å². The summed E-state index contributed by atoms with van der Waals surface area (Å²) in [6.45, 7) is 5.20. The Hall–Kier alpha value is -0.570. The van der Waals surface area contributed by atoms with Crippen LogP contribution in [-0.4, -0.2) is 37.5 Å². The van der Waals surface area contributed by atoms with Crippen molar-refractivity contribution < 1.29 is 4.79 Å². The Morgan fingerprint density at radius 1 is 1.25 bits per heavy atom. The lowest BCUT2D eigenvalue weighted by molar-refractivity contribution is -0.126. The largest absolute Gasteiger partial charge is 0.356 e. The average molecular weight is 226 g/mol. The van der Waals surface area contributed by atoms with Gasteiger partial charge in [0.2, 0.25) is 5.91 Å². The van der Waals surface area contributed by atoms with Gasteiger partial charge in [-0.1, -0.05) is 26.2 Å². The summed E-state index contributed by atoms with van der Waals surface area (Å²) in [5, 5.41) is 3.07.